The standard InChI is InChI=1S/2C25H32O6.2C24H29ClO6/c2*1-15-6-9-17(25-24(29)23(28)22(27)21(14-26)31-25)13-18(15)12-16-7-10-20(11-8-16)30-19-4-2-3-5-19;2*25-19-10-7-15(24-23(29)22(28)21(27)20(13-26)31-24)12-16(19)11-14-5-8-18(9-6-14)30-17-3-1-2-4-17/h2*6-11,13,19,21-29H,2-5,12,14H2,1H3;2*5-10,12,17,20-24,26-29H,1-4,11,13H2/t2*21-,22-,23+,24-,25+;2*20-,21-,22+,23-,24+/m1111/s1. The van der Waals surface area contributed by atoms with Crippen LogP contribution in [0.4, 0.5) is 0 Å². The molecule has 0 unspecified atom stereocenters. The van der Waals surface area contributed by atoms with Crippen molar-refractivity contribution in [2.45, 2.75) is 289 Å². The molecule has 672 valence electrons. The van der Waals surface area contributed by atoms with E-state index in [9.17, 15) is 81.7 Å². The molecule has 8 aromatic carbocycles. The number of benzene rings is 8. The number of rotatable bonds is 24. The van der Waals surface area contributed by atoms with Crippen molar-refractivity contribution < 1.29 is 120 Å². The molecule has 20 atom stereocenters. The van der Waals surface area contributed by atoms with E-state index in [-0.39, 0.29) is 0 Å². The maximum Gasteiger partial charge on any atom is 0.119 e. The number of aryl methyl sites for hydroxylation is 2. The molecule has 4 aliphatic carbocycles. The first-order valence-electron chi connectivity index (χ1n) is 43.8. The molecule has 16 N–H and O–H groups in total. The van der Waals surface area contributed by atoms with Crippen molar-refractivity contribution in [2.75, 3.05) is 26.4 Å². The third-order valence-electron chi connectivity index (χ3n) is 25.5. The summed E-state index contributed by atoms with van der Waals surface area (Å²) in [6, 6.07) is 54.4. The average molecular weight is 1750 g/mol. The summed E-state index contributed by atoms with van der Waals surface area (Å²) in [7, 11) is 0. The monoisotopic (exact) mass is 1750 g/mol. The van der Waals surface area contributed by atoms with Gasteiger partial charge in [0, 0.05) is 10.0 Å². The minimum atomic E-state index is -1.41. The van der Waals surface area contributed by atoms with Crippen LogP contribution in [0.25, 0.3) is 0 Å². The van der Waals surface area contributed by atoms with Crippen LogP contribution >= 0.6 is 23.2 Å². The van der Waals surface area contributed by atoms with Crippen LogP contribution in [-0.2, 0) is 44.6 Å². The quantitative estimate of drug-likeness (QED) is 0.0267. The van der Waals surface area contributed by atoms with E-state index in [0.29, 0.717) is 82.4 Å². The van der Waals surface area contributed by atoms with Crippen LogP contribution < -0.4 is 18.9 Å². The number of halogens is 2. The summed E-state index contributed by atoms with van der Waals surface area (Å²) in [5, 5.41) is 161. The van der Waals surface area contributed by atoms with Gasteiger partial charge in [-0.1, -0.05) is 132 Å². The lowest BCUT2D eigenvalue weighted by atomic mass is 9.89. The van der Waals surface area contributed by atoms with Crippen LogP contribution in [0.2, 0.25) is 10.0 Å². The van der Waals surface area contributed by atoms with E-state index in [1.165, 1.54) is 51.4 Å². The molecule has 0 spiro atoms. The smallest absolute Gasteiger partial charge is 0.119 e. The van der Waals surface area contributed by atoms with Crippen molar-refractivity contribution in [1.82, 2.24) is 0 Å². The van der Waals surface area contributed by atoms with Gasteiger partial charge in [0.05, 0.1) is 50.8 Å². The fourth-order valence-electron chi connectivity index (χ4n) is 17.9. The van der Waals surface area contributed by atoms with Crippen molar-refractivity contribution in [3.05, 3.63) is 258 Å². The molecule has 0 aromatic heterocycles. The van der Waals surface area contributed by atoms with Crippen molar-refractivity contribution in [3.63, 3.8) is 0 Å². The normalized spacial score (nSPS) is 29.3. The molecule has 8 aromatic rings. The summed E-state index contributed by atoms with van der Waals surface area (Å²) in [6.45, 7) is 2.27. The van der Waals surface area contributed by atoms with Gasteiger partial charge < -0.3 is 120 Å². The maximum atomic E-state index is 10.4. The first-order chi connectivity index (χ1) is 59.8. The molecular formula is C98H122Cl2O24. The fraction of sp³-hybridized carbons (Fsp3) is 0.510. The second kappa shape index (κ2) is 44.6. The zero-order valence-corrected chi connectivity index (χ0v) is 71.7. The van der Waals surface area contributed by atoms with E-state index in [1.807, 2.05) is 135 Å². The summed E-state index contributed by atoms with van der Waals surface area (Å²) in [5.74, 6) is 3.55. The third kappa shape index (κ3) is 24.0. The Labute approximate surface area is 734 Å². The maximum absolute atomic E-state index is 10.4. The third-order valence-corrected chi connectivity index (χ3v) is 26.2. The van der Waals surface area contributed by atoms with Gasteiger partial charge in [-0.15, -0.1) is 0 Å². The highest BCUT2D eigenvalue weighted by atomic mass is 35.5. The number of ether oxygens (including phenoxy) is 8. The van der Waals surface area contributed by atoms with Crippen LogP contribution in [-0.4, -0.2) is 230 Å². The molecule has 26 heteroatoms. The van der Waals surface area contributed by atoms with Gasteiger partial charge >= 0.3 is 0 Å². The van der Waals surface area contributed by atoms with Gasteiger partial charge in [0.1, 0.15) is 145 Å². The zero-order valence-electron chi connectivity index (χ0n) is 70.2. The van der Waals surface area contributed by atoms with Gasteiger partial charge in [-0.2, -0.15) is 0 Å². The topological polar surface area (TPSA) is 398 Å². The highest BCUT2D eigenvalue weighted by Gasteiger charge is 2.48. The SMILES string of the molecule is Cc1ccc([C@@H]2O[C@H](CO)[C@@H](O)[C@H](O)[C@H]2O)cc1Cc1ccc(OC2CCCC2)cc1.Cc1ccc([C@@H]2O[C@H](CO)[C@@H](O)[C@H](O)[C@H]2O)cc1Cc1ccc(OC2CCCC2)cc1.OC[C@H]1O[C@@H](c2ccc(Cl)c(Cc3ccc(OC4CCCC4)cc3)c2)[C@H](O)[C@@H](O)[C@@H]1O.OC[C@H]1O[C@@H](c2ccc(Cl)c(Cc3ccc(OC4CCCC4)cc3)c2)[C@H](O)[C@@H](O)[C@@H]1O. The number of aliphatic hydroxyl groups excluding tert-OH is 16. The Kier molecular flexibility index (Phi) is 34.0. The Morgan fingerprint density at radius 1 is 0.258 bits per heavy atom. The first kappa shape index (κ1) is 94.4. The minimum absolute atomic E-state index is 0.315. The molecule has 0 bridgehead atoms. The molecular weight excluding hydrogens is 1630 g/mol. The lowest BCUT2D eigenvalue weighted by molar-refractivity contribution is -0.231. The highest BCUT2D eigenvalue weighted by molar-refractivity contribution is 6.31. The lowest BCUT2D eigenvalue weighted by Crippen LogP contribution is -2.55. The van der Waals surface area contributed by atoms with Crippen molar-refractivity contribution in [2.24, 2.45) is 0 Å². The molecule has 4 aliphatic heterocycles. The predicted molar refractivity (Wildman–Crippen MR) is 465 cm³/mol. The first-order valence-corrected chi connectivity index (χ1v) is 44.6. The van der Waals surface area contributed by atoms with E-state index in [2.05, 4.69) is 24.3 Å². The van der Waals surface area contributed by atoms with Crippen LogP contribution in [0.1, 0.15) is 205 Å². The molecule has 8 aliphatic rings. The zero-order chi connectivity index (χ0) is 87.8. The predicted octanol–water partition coefficient (Wildman–Crippen LogP) is 10.4. The molecule has 0 radical (unpaired) electrons. The van der Waals surface area contributed by atoms with E-state index < -0.39 is 149 Å². The van der Waals surface area contributed by atoms with E-state index in [4.69, 9.17) is 61.1 Å². The number of hydrogen-bond acceptors (Lipinski definition) is 24. The van der Waals surface area contributed by atoms with Gasteiger partial charge in [0.25, 0.3) is 0 Å². The summed E-state index contributed by atoms with van der Waals surface area (Å²) < 4.78 is 46.9. The Balaban J connectivity index is 0.000000142. The van der Waals surface area contributed by atoms with Crippen molar-refractivity contribution in [3.8, 4) is 23.0 Å². The summed E-state index contributed by atoms with van der Waals surface area (Å²) >= 11 is 12.8. The Bertz CT molecular complexity index is 4030. The molecule has 4 saturated carbocycles. The molecule has 124 heavy (non-hydrogen) atoms. The molecule has 16 rings (SSSR count). The number of hydrogen-bond donors (Lipinski definition) is 16. The highest BCUT2D eigenvalue weighted by Crippen LogP contribution is 2.41. The summed E-state index contributed by atoms with van der Waals surface area (Å²) in [6.07, 6.45) is -0.662. The Hall–Kier alpha value is -7.26. The Morgan fingerprint density at radius 3 is 0.677 bits per heavy atom. The van der Waals surface area contributed by atoms with Gasteiger partial charge in [0.15, 0.2) is 0 Å². The second-order valence-electron chi connectivity index (χ2n) is 34.5. The van der Waals surface area contributed by atoms with Crippen molar-refractivity contribution in [1.29, 1.82) is 0 Å². The fourth-order valence-corrected chi connectivity index (χ4v) is 18.2. The Morgan fingerprint density at radius 2 is 0.460 bits per heavy atom. The lowest BCUT2D eigenvalue weighted by Gasteiger charge is -2.40. The van der Waals surface area contributed by atoms with Crippen molar-refractivity contribution >= 4 is 23.2 Å². The molecule has 4 heterocycles. The average Bonchev–Trinajstić information content (AvgIpc) is 0.932. The van der Waals surface area contributed by atoms with E-state index in [0.717, 1.165) is 130 Å². The van der Waals surface area contributed by atoms with Crippen LogP contribution in [0.5, 0.6) is 23.0 Å². The minimum Gasteiger partial charge on any atom is -0.490 e. The second-order valence-corrected chi connectivity index (χ2v) is 35.3. The van der Waals surface area contributed by atoms with Crippen LogP contribution in [0.3, 0.4) is 0 Å². The van der Waals surface area contributed by atoms with E-state index >= 15 is 0 Å². The van der Waals surface area contributed by atoms with E-state index in [1.54, 1.807) is 24.3 Å². The van der Waals surface area contributed by atoms with Gasteiger partial charge in [-0.3, -0.25) is 0 Å². The van der Waals surface area contributed by atoms with Gasteiger partial charge in [-0.25, -0.2) is 0 Å². The largest absolute Gasteiger partial charge is 0.490 e. The van der Waals surface area contributed by atoms with Crippen LogP contribution in [0.15, 0.2) is 170 Å². The van der Waals surface area contributed by atoms with Gasteiger partial charge in [-0.05, 0) is 281 Å². The molecule has 24 nitrogen and oxygen atoms in total. The molecule has 8 fully saturated rings. The summed E-state index contributed by atoms with van der Waals surface area (Å²) in [4.78, 5) is 0. The summed E-state index contributed by atoms with van der Waals surface area (Å²) in [5.41, 5.74) is 13.2. The number of aliphatic hydroxyl groups is 16. The molecule has 4 saturated heterocycles. The van der Waals surface area contributed by atoms with Crippen LogP contribution in [0, 0.1) is 13.8 Å². The molecule has 0 amide bonds. The van der Waals surface area contributed by atoms with Gasteiger partial charge in [0.2, 0.25) is 0 Å².